The summed E-state index contributed by atoms with van der Waals surface area (Å²) in [7, 11) is 0. The number of aryl methyl sites for hydroxylation is 3. The number of halogens is 2. The number of fused-ring (bicyclic) bond motifs is 10. The minimum Gasteiger partial charge on any atom is -0.475 e. The van der Waals surface area contributed by atoms with Gasteiger partial charge in [0.05, 0.1) is 90.4 Å². The van der Waals surface area contributed by atoms with Crippen molar-refractivity contribution in [3.63, 3.8) is 0 Å². The van der Waals surface area contributed by atoms with Crippen molar-refractivity contribution in [2.24, 2.45) is 0 Å². The molecule has 5 aliphatic heterocycles. The molecule has 5 amide bonds. The third-order valence-corrected chi connectivity index (χ3v) is 24.8. The third kappa shape index (κ3) is 19.0. The van der Waals surface area contributed by atoms with Gasteiger partial charge in [0.25, 0.3) is 29.5 Å². The number of pyridine rings is 5. The van der Waals surface area contributed by atoms with E-state index in [9.17, 15) is 32.8 Å². The van der Waals surface area contributed by atoms with Gasteiger partial charge < -0.3 is 90.2 Å². The molecule has 5 aliphatic rings. The van der Waals surface area contributed by atoms with Crippen molar-refractivity contribution in [3.05, 3.63) is 301 Å². The van der Waals surface area contributed by atoms with Crippen molar-refractivity contribution in [3.8, 4) is 52.3 Å². The number of carbonyl (C=O) groups excluding carboxylic acids is 5. The fraction of sp³-hybridized carbons (Fsp3) is 0.192. The number of nitrogens with zero attached hydrogens (tertiary/aromatic N) is 25. The first-order valence-electron chi connectivity index (χ1n) is 46.2. The smallest absolute Gasteiger partial charge is 0.268 e. The molecule has 2 unspecified atom stereocenters. The van der Waals surface area contributed by atoms with E-state index in [-0.39, 0.29) is 130 Å². The summed E-state index contributed by atoms with van der Waals surface area (Å²) in [6.45, 7) is 13.4. The first-order valence-corrected chi connectivity index (χ1v) is 46.2. The lowest BCUT2D eigenvalue weighted by atomic mass is 10.1. The van der Waals surface area contributed by atoms with Gasteiger partial charge in [0, 0.05) is 93.7 Å². The Morgan fingerprint density at radius 1 is 0.336 bits per heavy atom. The van der Waals surface area contributed by atoms with E-state index in [1.54, 1.807) is 67.4 Å². The fourth-order valence-corrected chi connectivity index (χ4v) is 17.5. The Balaban J connectivity index is 0.000000115. The van der Waals surface area contributed by atoms with Crippen LogP contribution in [0.2, 0.25) is 0 Å². The second-order valence-corrected chi connectivity index (χ2v) is 34.0. The number of hydrogen-bond acceptors (Lipinski definition) is 30. The van der Waals surface area contributed by atoms with E-state index in [1.165, 1.54) is 45.5 Å². The van der Waals surface area contributed by atoms with Crippen LogP contribution in [0.15, 0.2) is 251 Å². The number of nitrogens with two attached hydrogens (primary N) is 5. The maximum Gasteiger partial charge on any atom is 0.268 e. The number of ether oxygens (including phenoxy) is 5. The zero-order valence-corrected chi connectivity index (χ0v) is 78.7. The van der Waals surface area contributed by atoms with Crippen LogP contribution in [-0.4, -0.2) is 193 Å². The molecule has 40 nitrogen and oxygen atoms in total. The quantitative estimate of drug-likeness (QED) is 0.0715. The Labute approximate surface area is 831 Å². The Kier molecular flexibility index (Phi) is 26.9. The molecule has 20 heterocycles. The number of hydrogen-bond donors (Lipinski definition) is 5. The maximum atomic E-state index is 13.5. The number of anilines is 10. The summed E-state index contributed by atoms with van der Waals surface area (Å²) in [6, 6.07) is 51.7. The number of carbonyl (C=O) groups is 5. The number of alkyl halides is 2. The van der Waals surface area contributed by atoms with E-state index in [1.807, 2.05) is 204 Å². The summed E-state index contributed by atoms with van der Waals surface area (Å²) in [5.41, 5.74) is 44.7. The largest absolute Gasteiger partial charge is 0.475 e. The molecule has 24 rings (SSSR count). The minimum absolute atomic E-state index is 0. The summed E-state index contributed by atoms with van der Waals surface area (Å²) in [4.78, 5) is 136. The van der Waals surface area contributed by atoms with E-state index in [0.29, 0.717) is 87.5 Å². The van der Waals surface area contributed by atoms with Gasteiger partial charge in [-0.15, -0.1) is 0 Å². The van der Waals surface area contributed by atoms with Crippen molar-refractivity contribution < 1.29 is 56.4 Å². The van der Waals surface area contributed by atoms with Gasteiger partial charge in [-0.25, -0.2) is 78.6 Å². The van der Waals surface area contributed by atoms with Crippen LogP contribution in [0, 0.1) is 13.8 Å². The molecule has 0 fully saturated rings. The van der Waals surface area contributed by atoms with Crippen LogP contribution in [0.1, 0.15) is 121 Å². The van der Waals surface area contributed by atoms with Gasteiger partial charge in [0.2, 0.25) is 29.4 Å². The Hall–Kier alpha value is -19.1. The number of benzene rings is 4. The zero-order chi connectivity index (χ0) is 100. The molecule has 0 radical (unpaired) electrons. The van der Waals surface area contributed by atoms with Crippen LogP contribution in [0.4, 0.5) is 66.4 Å². The van der Waals surface area contributed by atoms with E-state index in [0.717, 1.165) is 113 Å². The van der Waals surface area contributed by atoms with Crippen LogP contribution in [-0.2, 0) is 6.54 Å². The molecule has 19 aromatic rings. The Morgan fingerprint density at radius 2 is 0.692 bits per heavy atom. The topological polar surface area (TPSA) is 496 Å². The highest BCUT2D eigenvalue weighted by Gasteiger charge is 2.36. The van der Waals surface area contributed by atoms with E-state index < -0.39 is 12.3 Å². The molecular weight excluding hydrogens is 1870 g/mol. The molecule has 2 atom stereocenters. The lowest BCUT2D eigenvalue weighted by molar-refractivity contribution is 0.0981. The van der Waals surface area contributed by atoms with Crippen LogP contribution in [0.5, 0.6) is 29.4 Å². The van der Waals surface area contributed by atoms with Gasteiger partial charge in [0.1, 0.15) is 157 Å². The van der Waals surface area contributed by atoms with Gasteiger partial charge in [-0.3, -0.25) is 38.4 Å². The minimum atomic E-state index is -1.02. The number of rotatable bonds is 13. The van der Waals surface area contributed by atoms with Crippen molar-refractivity contribution in [2.45, 2.75) is 67.4 Å². The van der Waals surface area contributed by atoms with E-state index in [2.05, 4.69) is 90.8 Å². The standard InChI is InChI=1S/C23H20FN5O2.C22H19FN6O2.C21H18N6O2.C20H17N7O2.C17H18N6O2.CH4/c1-14(24)15-2-4-17(5-3-15)28-9-8-16-12-18(6-7-19(16)28)29-10-11-31-22-20(23(29)30)21(25)26-13-27-22;1-13(23)14-2-4-16(5-3-14)28-7-6-15-10-17(11-25-20(15)28)29-8-9-31-21-18(22(29)30)19(24)26-12-27-21;1-13-2-3-16(11-23-13)26-7-6-14-10-15(4-5-17(14)26)27-8-9-29-20-18(21(27)28)19(22)24-12-25-20;1-12-2-4-22-15(8-12)27-5-3-13-9-14(10-23-18(13)27)26-6-7-29-19-16(20(26)28)17(21)24-11-25-19;1-2-6-22-7-5-11-12(22)3-4-13(21-11)23-8-9-25-16-14(17(23)24)15(18)19-10-20-16;/h2-9,12-14H,10-11H2,1H3,(H2,25,26,27);2-7,10-13H,8-9H2,1H3,(H2,24,26,27);2-7,10-12H,8-9H2,1H3,(H2,22,24,25);2-5,8-11H,6-7H2,1H3,(H2,21,24,25);3-5,7,10H,2,6,8-9H2,1H3,(H2,18,19,20);1H4. The summed E-state index contributed by atoms with van der Waals surface area (Å²) in [6.07, 6.45) is 22.1. The number of aromatic nitrogens is 20. The summed E-state index contributed by atoms with van der Waals surface area (Å²) in [5, 5.41) is 3.73. The number of amides is 5. The normalized spacial score (nSPS) is 14.2. The SMILES string of the molecule is C.CC(F)c1ccc(-n2ccc3cc(N4CCOc5ncnc(N)c5C4=O)ccc32)cc1.CC(F)c1ccc(-n2ccc3cc(N4CCOc5ncnc(N)c5C4=O)cnc32)cc1.CCCn1ccc2nc(N3CCOc4ncnc(N)c4C3=O)ccc21.Cc1ccc(-n2ccc3cc(N4CCOc5ncnc(N)c5C4=O)ccc32)cn1.Cc1ccnc(-n2ccc3cc(N4CCOc5ncnc(N)c5C4=O)cnc32)c1. The average Bonchev–Trinajstić information content (AvgIpc) is 1.60. The molecule has 736 valence electrons. The van der Waals surface area contributed by atoms with Gasteiger partial charge in [-0.05, 0) is 190 Å². The lowest BCUT2D eigenvalue weighted by Crippen LogP contribution is -2.33. The second kappa shape index (κ2) is 41.0. The molecule has 0 spiro atoms. The molecule has 0 aliphatic carbocycles. The highest BCUT2D eigenvalue weighted by atomic mass is 19.1. The Morgan fingerprint density at radius 3 is 1.11 bits per heavy atom. The third-order valence-electron chi connectivity index (χ3n) is 24.8. The van der Waals surface area contributed by atoms with Crippen molar-refractivity contribution in [1.82, 2.24) is 97.6 Å². The number of nitrogen functional groups attached to an aromatic ring is 5. The molecule has 0 bridgehead atoms. The predicted molar refractivity (Wildman–Crippen MR) is 548 cm³/mol. The highest BCUT2D eigenvalue weighted by molar-refractivity contribution is 6.15. The molecule has 42 heteroatoms. The fourth-order valence-electron chi connectivity index (χ4n) is 17.5. The van der Waals surface area contributed by atoms with Gasteiger partial charge in [-0.2, -0.15) is 0 Å². The highest BCUT2D eigenvalue weighted by Crippen LogP contribution is 2.39. The predicted octanol–water partition coefficient (Wildman–Crippen LogP) is 14.9. The first kappa shape index (κ1) is 95.8. The average molecular weight is 1960 g/mol. The van der Waals surface area contributed by atoms with Crippen LogP contribution in [0.3, 0.4) is 0 Å². The van der Waals surface area contributed by atoms with Gasteiger partial charge in [0.15, 0.2) is 0 Å². The Bertz CT molecular complexity index is 8000. The molecular formula is C104H96F2N30O10. The van der Waals surface area contributed by atoms with Crippen molar-refractivity contribution in [2.75, 3.05) is 119 Å². The van der Waals surface area contributed by atoms with Crippen molar-refractivity contribution >= 4 is 142 Å². The molecule has 0 saturated carbocycles. The van der Waals surface area contributed by atoms with Crippen LogP contribution >= 0.6 is 0 Å². The lowest BCUT2D eigenvalue weighted by Gasteiger charge is -2.20. The molecule has 146 heavy (non-hydrogen) atoms. The van der Waals surface area contributed by atoms with Gasteiger partial charge >= 0.3 is 0 Å². The summed E-state index contributed by atoms with van der Waals surface area (Å²) < 4.78 is 65.0. The monoisotopic (exact) mass is 1960 g/mol. The molecule has 4 aromatic carbocycles. The molecule has 15 aromatic heterocycles. The van der Waals surface area contributed by atoms with Crippen molar-refractivity contribution in [1.29, 1.82) is 0 Å². The van der Waals surface area contributed by atoms with E-state index in [4.69, 9.17) is 52.4 Å². The van der Waals surface area contributed by atoms with Gasteiger partial charge in [-0.1, -0.05) is 38.6 Å². The molecule has 10 N–H and O–H groups in total. The van der Waals surface area contributed by atoms with Crippen LogP contribution in [0.25, 0.3) is 77.8 Å². The first-order chi connectivity index (χ1) is 70.5. The second-order valence-electron chi connectivity index (χ2n) is 34.0. The maximum absolute atomic E-state index is 13.5. The molecule has 0 saturated heterocycles. The van der Waals surface area contributed by atoms with E-state index >= 15 is 0 Å². The summed E-state index contributed by atoms with van der Waals surface area (Å²) in [5.74, 6) is 1.39. The van der Waals surface area contributed by atoms with Crippen LogP contribution < -0.4 is 76.9 Å². The zero-order valence-electron chi connectivity index (χ0n) is 78.7. The summed E-state index contributed by atoms with van der Waals surface area (Å²) >= 11 is 0.